The first-order valence-electron chi connectivity index (χ1n) is 8.05. The van der Waals surface area contributed by atoms with Crippen LogP contribution in [0.3, 0.4) is 0 Å². The Morgan fingerprint density at radius 3 is 2.35 bits per heavy atom. The Bertz CT molecular complexity index is 651. The minimum absolute atomic E-state index is 0.0678. The minimum atomic E-state index is -0.245. The third-order valence-electron chi connectivity index (χ3n) is 4.47. The first-order chi connectivity index (χ1) is 11.2. The minimum Gasteiger partial charge on any atom is -0.507 e. The lowest BCUT2D eigenvalue weighted by atomic mass is 9.94. The van der Waals surface area contributed by atoms with Crippen LogP contribution < -0.4 is 4.74 Å². The van der Waals surface area contributed by atoms with Gasteiger partial charge in [0.15, 0.2) is 0 Å². The molecule has 23 heavy (non-hydrogen) atoms. The monoisotopic (exact) mass is 315 g/mol. The Balaban J connectivity index is 2.02. The van der Waals surface area contributed by atoms with Gasteiger partial charge in [-0.15, -0.1) is 0 Å². The first kappa shape index (κ1) is 15.8. The molecule has 2 aromatic carbocycles. The van der Waals surface area contributed by atoms with Crippen LogP contribution in [0.1, 0.15) is 36.4 Å². The van der Waals surface area contributed by atoms with Gasteiger partial charge in [-0.3, -0.25) is 4.90 Å². The van der Waals surface area contributed by atoms with Crippen molar-refractivity contribution in [1.29, 1.82) is 0 Å². The highest BCUT2D eigenvalue weighted by atomic mass is 19.1. The second kappa shape index (κ2) is 7.01. The number of methoxy groups -OCH3 is 1. The standard InChI is InChI=1S/C19H22FNO2/c1-23-16-9-10-17(18(22)13-16)19(21-11-3-2-4-12-21)14-5-7-15(20)8-6-14/h5-10,13,19,22H,2-4,11-12H2,1H3. The summed E-state index contributed by atoms with van der Waals surface area (Å²) in [6.07, 6.45) is 3.53. The summed E-state index contributed by atoms with van der Waals surface area (Å²) in [7, 11) is 1.58. The van der Waals surface area contributed by atoms with E-state index in [9.17, 15) is 9.50 Å². The third kappa shape index (κ3) is 3.48. The van der Waals surface area contributed by atoms with E-state index in [1.54, 1.807) is 25.3 Å². The summed E-state index contributed by atoms with van der Waals surface area (Å²) in [4.78, 5) is 2.36. The molecule has 0 spiro atoms. The van der Waals surface area contributed by atoms with Gasteiger partial charge in [-0.2, -0.15) is 0 Å². The number of halogens is 1. The molecule has 122 valence electrons. The summed E-state index contributed by atoms with van der Waals surface area (Å²) in [5.74, 6) is 0.595. The fourth-order valence-electron chi connectivity index (χ4n) is 3.29. The largest absolute Gasteiger partial charge is 0.507 e. The summed E-state index contributed by atoms with van der Waals surface area (Å²) in [5, 5.41) is 10.5. The quantitative estimate of drug-likeness (QED) is 0.921. The van der Waals surface area contributed by atoms with Crippen molar-refractivity contribution in [2.45, 2.75) is 25.3 Å². The van der Waals surface area contributed by atoms with E-state index in [0.29, 0.717) is 5.75 Å². The maximum absolute atomic E-state index is 13.3. The van der Waals surface area contributed by atoms with Gasteiger partial charge in [-0.05, 0) is 55.8 Å². The van der Waals surface area contributed by atoms with E-state index in [-0.39, 0.29) is 17.6 Å². The highest BCUT2D eigenvalue weighted by Gasteiger charge is 2.26. The summed E-state index contributed by atoms with van der Waals surface area (Å²) in [6.45, 7) is 1.96. The van der Waals surface area contributed by atoms with Crippen molar-refractivity contribution in [2.24, 2.45) is 0 Å². The van der Waals surface area contributed by atoms with Crippen LogP contribution in [0.15, 0.2) is 42.5 Å². The van der Waals surface area contributed by atoms with Gasteiger partial charge in [0.25, 0.3) is 0 Å². The van der Waals surface area contributed by atoms with E-state index in [0.717, 1.165) is 37.1 Å². The molecule has 1 aliphatic rings. The van der Waals surface area contributed by atoms with E-state index >= 15 is 0 Å². The van der Waals surface area contributed by atoms with Crippen molar-refractivity contribution in [3.63, 3.8) is 0 Å². The lowest BCUT2D eigenvalue weighted by Gasteiger charge is -2.35. The van der Waals surface area contributed by atoms with Gasteiger partial charge in [-0.1, -0.05) is 18.6 Å². The molecule has 4 heteroatoms. The number of phenolic OH excluding ortho intramolecular Hbond substituents is 1. The summed E-state index contributed by atoms with van der Waals surface area (Å²) in [5.41, 5.74) is 1.83. The van der Waals surface area contributed by atoms with E-state index in [2.05, 4.69) is 4.90 Å². The van der Waals surface area contributed by atoms with E-state index in [1.807, 2.05) is 12.1 Å². The Morgan fingerprint density at radius 2 is 1.74 bits per heavy atom. The molecule has 0 bridgehead atoms. The number of phenols is 1. The van der Waals surface area contributed by atoms with Crippen molar-refractivity contribution in [2.75, 3.05) is 20.2 Å². The Kier molecular flexibility index (Phi) is 4.82. The number of piperidine rings is 1. The molecule has 2 aromatic rings. The number of benzene rings is 2. The third-order valence-corrected chi connectivity index (χ3v) is 4.47. The molecule has 3 nitrogen and oxygen atoms in total. The number of hydrogen-bond acceptors (Lipinski definition) is 3. The number of aromatic hydroxyl groups is 1. The summed E-state index contributed by atoms with van der Waals surface area (Å²) in [6, 6.07) is 11.9. The molecular formula is C19H22FNO2. The Morgan fingerprint density at radius 1 is 1.04 bits per heavy atom. The van der Waals surface area contributed by atoms with Gasteiger partial charge in [0.05, 0.1) is 13.2 Å². The molecule has 3 rings (SSSR count). The smallest absolute Gasteiger partial charge is 0.124 e. The predicted octanol–water partition coefficient (Wildman–Crippen LogP) is 4.12. The highest BCUT2D eigenvalue weighted by Crippen LogP contribution is 2.37. The topological polar surface area (TPSA) is 32.7 Å². The van der Waals surface area contributed by atoms with Gasteiger partial charge < -0.3 is 9.84 Å². The lowest BCUT2D eigenvalue weighted by Crippen LogP contribution is -2.34. The van der Waals surface area contributed by atoms with Crippen molar-refractivity contribution >= 4 is 0 Å². The predicted molar refractivity (Wildman–Crippen MR) is 88.3 cm³/mol. The van der Waals surface area contributed by atoms with Gasteiger partial charge in [0.1, 0.15) is 17.3 Å². The number of likely N-dealkylation sites (tertiary alicyclic amines) is 1. The molecule has 1 fully saturated rings. The molecule has 0 radical (unpaired) electrons. The summed E-state index contributed by atoms with van der Waals surface area (Å²) < 4.78 is 18.5. The van der Waals surface area contributed by atoms with Gasteiger partial charge in [-0.25, -0.2) is 4.39 Å². The Hall–Kier alpha value is -2.07. The second-order valence-electron chi connectivity index (χ2n) is 5.98. The molecule has 0 aliphatic carbocycles. The number of rotatable bonds is 4. The molecule has 1 unspecified atom stereocenters. The fraction of sp³-hybridized carbons (Fsp3) is 0.368. The number of ether oxygens (including phenoxy) is 1. The highest BCUT2D eigenvalue weighted by molar-refractivity contribution is 5.45. The number of nitrogens with zero attached hydrogens (tertiary/aromatic N) is 1. The van der Waals surface area contributed by atoms with Gasteiger partial charge in [0, 0.05) is 11.6 Å². The zero-order valence-corrected chi connectivity index (χ0v) is 13.3. The summed E-state index contributed by atoms with van der Waals surface area (Å²) >= 11 is 0. The van der Waals surface area contributed by atoms with Crippen LogP contribution in [-0.2, 0) is 0 Å². The maximum atomic E-state index is 13.3. The molecule has 1 heterocycles. The van der Waals surface area contributed by atoms with E-state index in [4.69, 9.17) is 4.74 Å². The molecule has 1 saturated heterocycles. The van der Waals surface area contributed by atoms with Crippen LogP contribution >= 0.6 is 0 Å². The average Bonchev–Trinajstić information content (AvgIpc) is 2.59. The molecule has 1 atom stereocenters. The maximum Gasteiger partial charge on any atom is 0.124 e. The SMILES string of the molecule is COc1ccc(C(c2ccc(F)cc2)N2CCCCC2)c(O)c1. The van der Waals surface area contributed by atoms with Crippen LogP contribution in [0.2, 0.25) is 0 Å². The molecule has 0 aromatic heterocycles. The van der Waals surface area contributed by atoms with E-state index < -0.39 is 0 Å². The lowest BCUT2D eigenvalue weighted by molar-refractivity contribution is 0.185. The zero-order valence-electron chi connectivity index (χ0n) is 13.3. The molecule has 1 N–H and O–H groups in total. The van der Waals surface area contributed by atoms with E-state index in [1.165, 1.54) is 18.6 Å². The Labute approximate surface area is 136 Å². The second-order valence-corrected chi connectivity index (χ2v) is 5.98. The van der Waals surface area contributed by atoms with Gasteiger partial charge in [0.2, 0.25) is 0 Å². The van der Waals surface area contributed by atoms with Crippen molar-refractivity contribution < 1.29 is 14.2 Å². The van der Waals surface area contributed by atoms with Crippen molar-refractivity contribution in [1.82, 2.24) is 4.90 Å². The molecule has 1 aliphatic heterocycles. The van der Waals surface area contributed by atoms with Crippen LogP contribution in [0.25, 0.3) is 0 Å². The van der Waals surface area contributed by atoms with Crippen molar-refractivity contribution in [3.8, 4) is 11.5 Å². The fourth-order valence-corrected chi connectivity index (χ4v) is 3.29. The van der Waals surface area contributed by atoms with Gasteiger partial charge >= 0.3 is 0 Å². The van der Waals surface area contributed by atoms with Crippen molar-refractivity contribution in [3.05, 3.63) is 59.4 Å². The zero-order chi connectivity index (χ0) is 16.2. The molecule has 0 saturated carbocycles. The molecule has 0 amide bonds. The average molecular weight is 315 g/mol. The van der Waals surface area contributed by atoms with Crippen LogP contribution in [0, 0.1) is 5.82 Å². The van der Waals surface area contributed by atoms with Crippen LogP contribution in [-0.4, -0.2) is 30.2 Å². The molecular weight excluding hydrogens is 293 g/mol. The van der Waals surface area contributed by atoms with Crippen LogP contribution in [0.5, 0.6) is 11.5 Å². The normalized spacial score (nSPS) is 17.0. The number of hydrogen-bond donors (Lipinski definition) is 1. The first-order valence-corrected chi connectivity index (χ1v) is 8.05. The van der Waals surface area contributed by atoms with Crippen LogP contribution in [0.4, 0.5) is 4.39 Å².